The van der Waals surface area contributed by atoms with Gasteiger partial charge in [-0.05, 0) is 78.8 Å². The number of fused-ring (bicyclic) bond motifs is 2. The topological polar surface area (TPSA) is 143 Å². The molecule has 3 saturated heterocycles. The van der Waals surface area contributed by atoms with Crippen LogP contribution >= 0.6 is 11.6 Å². The summed E-state index contributed by atoms with van der Waals surface area (Å²) in [6, 6.07) is 17.9. The number of carbonyl (C=O) groups is 5. The Balaban J connectivity index is 0.709. The molecule has 0 bridgehead atoms. The van der Waals surface area contributed by atoms with Gasteiger partial charge in [-0.15, -0.1) is 0 Å². The molecule has 5 aliphatic heterocycles. The Labute approximate surface area is 353 Å². The van der Waals surface area contributed by atoms with E-state index in [1.54, 1.807) is 30.3 Å². The molecule has 3 aromatic rings. The molecular formula is C47H45ClN6O6. The van der Waals surface area contributed by atoms with Crippen molar-refractivity contribution in [2.45, 2.75) is 84.2 Å². The highest BCUT2D eigenvalue weighted by atomic mass is 35.5. The second-order valence-electron chi connectivity index (χ2n) is 19.1. The fraction of sp³-hybridized carbons (Fsp3) is 0.447. The van der Waals surface area contributed by atoms with Crippen LogP contribution in [0.4, 0.5) is 5.69 Å². The number of nitriles is 1. The molecule has 5 fully saturated rings. The van der Waals surface area contributed by atoms with Gasteiger partial charge in [0.25, 0.3) is 17.7 Å². The highest BCUT2D eigenvalue weighted by molar-refractivity contribution is 6.31. The molecule has 0 radical (unpaired) electrons. The molecule has 2 saturated carbocycles. The highest BCUT2D eigenvalue weighted by Crippen LogP contribution is 2.59. The van der Waals surface area contributed by atoms with E-state index in [9.17, 15) is 29.2 Å². The number of likely N-dealkylation sites (tertiary alicyclic amines) is 1. The average Bonchev–Trinajstić information content (AvgIpc) is 3.59. The summed E-state index contributed by atoms with van der Waals surface area (Å²) in [4.78, 5) is 72.0. The van der Waals surface area contributed by atoms with Crippen LogP contribution in [-0.4, -0.2) is 94.6 Å². The van der Waals surface area contributed by atoms with E-state index in [0.717, 1.165) is 66.3 Å². The van der Waals surface area contributed by atoms with Gasteiger partial charge >= 0.3 is 0 Å². The van der Waals surface area contributed by atoms with Crippen LogP contribution in [0.3, 0.4) is 0 Å². The molecule has 1 unspecified atom stereocenters. The Morgan fingerprint density at radius 1 is 0.850 bits per heavy atom. The molecule has 306 valence electrons. The van der Waals surface area contributed by atoms with Crippen molar-refractivity contribution in [3.8, 4) is 23.7 Å². The molecule has 3 aromatic carbocycles. The van der Waals surface area contributed by atoms with Crippen molar-refractivity contribution in [3.05, 3.63) is 93.0 Å². The zero-order valence-electron chi connectivity index (χ0n) is 34.0. The standard InChI is InChI=1S/C47H45ClN6O6/c1-45(2)43(46(3,4)44(45)60-32-10-8-28(20-49)36(48)17-32)53-21-29-15-26(7-11-33(29)40(53)57)5-6-27-18-47(19-27)24-52(25-47)31-22-51(23-31)30-9-12-34-35(16-30)42(59)54(41(34)58)37-13-14-38(55)50-39(37)56/h7-12,15-17,27,31,37,43-44H,13-14,18-19,21-25H2,1-4H3,(H,50,55,56)/t37?,43-,44-. The molecule has 12 nitrogen and oxygen atoms in total. The third-order valence-corrected chi connectivity index (χ3v) is 14.7. The van der Waals surface area contributed by atoms with E-state index in [2.05, 4.69) is 66.8 Å². The lowest BCUT2D eigenvalue weighted by molar-refractivity contribution is -0.199. The van der Waals surface area contributed by atoms with Crippen LogP contribution in [0.5, 0.6) is 5.75 Å². The molecule has 5 heterocycles. The maximum Gasteiger partial charge on any atom is 0.262 e. The lowest BCUT2D eigenvalue weighted by atomic mass is 9.49. The van der Waals surface area contributed by atoms with Crippen LogP contribution < -0.4 is 15.0 Å². The van der Waals surface area contributed by atoms with Crippen LogP contribution in [0.2, 0.25) is 5.02 Å². The zero-order valence-corrected chi connectivity index (χ0v) is 34.8. The fourth-order valence-electron chi connectivity index (χ4n) is 11.8. The van der Waals surface area contributed by atoms with Crippen LogP contribution in [0.1, 0.15) is 101 Å². The number of hydrogen-bond donors (Lipinski definition) is 1. The van der Waals surface area contributed by atoms with Crippen LogP contribution in [0.15, 0.2) is 54.6 Å². The van der Waals surface area contributed by atoms with Crippen molar-refractivity contribution in [1.82, 2.24) is 20.0 Å². The zero-order chi connectivity index (χ0) is 42.0. The third-order valence-electron chi connectivity index (χ3n) is 14.3. The number of nitrogens with zero attached hydrogens (tertiary/aromatic N) is 5. The molecule has 1 atom stereocenters. The van der Waals surface area contributed by atoms with Gasteiger partial charge in [0.2, 0.25) is 11.8 Å². The fourth-order valence-corrected chi connectivity index (χ4v) is 12.0. The Bertz CT molecular complexity index is 2530. The number of anilines is 1. The molecule has 60 heavy (non-hydrogen) atoms. The molecule has 1 N–H and O–H groups in total. The monoisotopic (exact) mass is 824 g/mol. The van der Waals surface area contributed by atoms with Crippen molar-refractivity contribution in [3.63, 3.8) is 0 Å². The van der Waals surface area contributed by atoms with Crippen molar-refractivity contribution in [2.75, 3.05) is 31.1 Å². The number of hydrogen-bond acceptors (Lipinski definition) is 9. The summed E-state index contributed by atoms with van der Waals surface area (Å²) in [5.74, 6) is 5.97. The van der Waals surface area contributed by atoms with Crippen LogP contribution in [-0.2, 0) is 16.1 Å². The van der Waals surface area contributed by atoms with Gasteiger partial charge in [-0.1, -0.05) is 51.1 Å². The predicted molar refractivity (Wildman–Crippen MR) is 221 cm³/mol. The Kier molecular flexibility index (Phi) is 8.60. The van der Waals surface area contributed by atoms with E-state index < -0.39 is 29.7 Å². The molecule has 7 aliphatic rings. The third kappa shape index (κ3) is 5.86. The molecule has 5 amide bonds. The van der Waals surface area contributed by atoms with Crippen molar-refractivity contribution in [1.29, 1.82) is 5.26 Å². The molecular weight excluding hydrogens is 780 g/mol. The number of ether oxygens (including phenoxy) is 1. The van der Waals surface area contributed by atoms with E-state index in [-0.39, 0.29) is 41.7 Å². The first kappa shape index (κ1) is 38.5. The predicted octanol–water partition coefficient (Wildman–Crippen LogP) is 5.40. The average molecular weight is 825 g/mol. The van der Waals surface area contributed by atoms with Gasteiger partial charge in [0, 0.05) is 90.9 Å². The molecule has 10 rings (SSSR count). The number of nitrogens with one attached hydrogen (secondary N) is 1. The summed E-state index contributed by atoms with van der Waals surface area (Å²) in [6.45, 7) is 12.9. The number of carbonyl (C=O) groups excluding carboxylic acids is 5. The maximum atomic E-state index is 13.8. The first-order valence-corrected chi connectivity index (χ1v) is 21.1. The van der Waals surface area contributed by atoms with Gasteiger partial charge in [-0.3, -0.25) is 39.1 Å². The van der Waals surface area contributed by atoms with Crippen LogP contribution in [0.25, 0.3) is 0 Å². The van der Waals surface area contributed by atoms with E-state index in [4.69, 9.17) is 16.3 Å². The molecule has 0 aromatic heterocycles. The normalized spacial score (nSPS) is 26.2. The number of rotatable bonds is 6. The van der Waals surface area contributed by atoms with Gasteiger partial charge in [-0.2, -0.15) is 5.26 Å². The molecule has 13 heteroatoms. The first-order chi connectivity index (χ1) is 28.6. The summed E-state index contributed by atoms with van der Waals surface area (Å²) in [5, 5.41) is 11.9. The number of piperidine rings is 1. The minimum absolute atomic E-state index is 0.0396. The van der Waals surface area contributed by atoms with Crippen molar-refractivity contribution in [2.24, 2.45) is 22.2 Å². The van der Waals surface area contributed by atoms with E-state index in [0.29, 0.717) is 51.4 Å². The quantitative estimate of drug-likeness (QED) is 0.255. The van der Waals surface area contributed by atoms with Gasteiger partial charge in [0.05, 0.1) is 21.7 Å². The van der Waals surface area contributed by atoms with E-state index in [1.165, 1.54) is 0 Å². The summed E-state index contributed by atoms with van der Waals surface area (Å²) in [7, 11) is 0. The lowest BCUT2D eigenvalue weighted by Gasteiger charge is -2.65. The second-order valence-corrected chi connectivity index (χ2v) is 19.5. The van der Waals surface area contributed by atoms with Gasteiger partial charge in [0.15, 0.2) is 0 Å². The number of benzene rings is 3. The molecule has 1 spiro atoms. The number of imide groups is 2. The Morgan fingerprint density at radius 2 is 1.57 bits per heavy atom. The summed E-state index contributed by atoms with van der Waals surface area (Å²) in [6.07, 6.45) is 2.22. The minimum Gasteiger partial charge on any atom is -0.489 e. The van der Waals surface area contributed by atoms with Gasteiger partial charge < -0.3 is 14.5 Å². The minimum atomic E-state index is -0.973. The largest absolute Gasteiger partial charge is 0.489 e. The SMILES string of the molecule is CC1(C)[C@H](Oc2ccc(C#N)c(Cl)c2)C(C)(C)[C@H]1N1Cc2cc(C#CC3CC4(C3)CN(C3CN(c5ccc6c(c5)C(=O)N(C5CCC(=O)NC5=O)C6=O)C3)C4)ccc2C1=O. The van der Waals surface area contributed by atoms with E-state index >= 15 is 0 Å². The number of amides is 5. The number of halogens is 1. The van der Waals surface area contributed by atoms with E-state index in [1.807, 2.05) is 23.1 Å². The van der Waals surface area contributed by atoms with Crippen LogP contribution in [0, 0.1) is 45.3 Å². The van der Waals surface area contributed by atoms with Gasteiger partial charge in [0.1, 0.15) is 24.0 Å². The molecule has 2 aliphatic carbocycles. The highest BCUT2D eigenvalue weighted by Gasteiger charge is 2.67. The smallest absolute Gasteiger partial charge is 0.262 e. The Morgan fingerprint density at radius 3 is 2.27 bits per heavy atom. The summed E-state index contributed by atoms with van der Waals surface area (Å²) in [5.41, 5.74) is 4.21. The summed E-state index contributed by atoms with van der Waals surface area (Å²) < 4.78 is 6.48. The van der Waals surface area contributed by atoms with Crippen molar-refractivity contribution >= 4 is 46.8 Å². The second kappa shape index (κ2) is 13.4. The maximum absolute atomic E-state index is 13.8. The van der Waals surface area contributed by atoms with Crippen molar-refractivity contribution < 1.29 is 28.7 Å². The first-order valence-electron chi connectivity index (χ1n) is 20.7. The lowest BCUT2D eigenvalue weighted by Crippen LogP contribution is -2.74. The Hall–Kier alpha value is -5.69. The van der Waals surface area contributed by atoms with Gasteiger partial charge in [-0.25, -0.2) is 0 Å². The summed E-state index contributed by atoms with van der Waals surface area (Å²) >= 11 is 6.29.